The number of hydrogen-bond donors (Lipinski definition) is 3. The Hall–Kier alpha value is -3.99. The molecular formula is C23H27N7O. The van der Waals surface area contributed by atoms with Crippen LogP contribution < -0.4 is 21.1 Å². The summed E-state index contributed by atoms with van der Waals surface area (Å²) >= 11 is 0. The number of aryl methyl sites for hydroxylation is 1. The first-order valence-corrected chi connectivity index (χ1v) is 10.2. The Kier molecular flexibility index (Phi) is 7.89. The molecule has 3 aromatic rings. The Balaban J connectivity index is 1.45. The monoisotopic (exact) mass is 417 g/mol. The minimum atomic E-state index is 0.368. The van der Waals surface area contributed by atoms with Crippen LogP contribution in [-0.4, -0.2) is 42.5 Å². The number of nitrogens with zero attached hydrogens (tertiary/aromatic N) is 4. The second kappa shape index (κ2) is 11.3. The second-order valence-corrected chi connectivity index (χ2v) is 6.76. The van der Waals surface area contributed by atoms with Crippen molar-refractivity contribution in [2.75, 3.05) is 32.5 Å². The number of aliphatic imine (C=N–C) groups is 1. The molecule has 8 heteroatoms. The van der Waals surface area contributed by atoms with Crippen LogP contribution in [0.3, 0.4) is 0 Å². The van der Waals surface area contributed by atoms with Crippen molar-refractivity contribution >= 4 is 11.8 Å². The summed E-state index contributed by atoms with van der Waals surface area (Å²) in [5.74, 6) is 1.91. The third-order valence-electron chi connectivity index (χ3n) is 4.62. The number of nitrogens with two attached hydrogens (primary N) is 1. The van der Waals surface area contributed by atoms with Gasteiger partial charge in [-0.1, -0.05) is 36.4 Å². The molecule has 1 heterocycles. The first-order valence-electron chi connectivity index (χ1n) is 10.2. The van der Waals surface area contributed by atoms with Crippen molar-refractivity contribution in [1.82, 2.24) is 20.4 Å². The Labute approximate surface area is 182 Å². The molecule has 0 bridgehead atoms. The van der Waals surface area contributed by atoms with Crippen LogP contribution in [0.15, 0.2) is 65.7 Å². The number of nitrogen functional groups attached to an aromatic ring is 1. The second-order valence-electron chi connectivity index (χ2n) is 6.76. The molecule has 0 saturated heterocycles. The average molecular weight is 418 g/mol. The number of benzene rings is 2. The summed E-state index contributed by atoms with van der Waals surface area (Å²) in [5.41, 5.74) is 8.12. The maximum Gasteiger partial charge on any atom is 0.191 e. The maximum absolute atomic E-state index is 9.51. The first kappa shape index (κ1) is 21.7. The fourth-order valence-electron chi connectivity index (χ4n) is 3.08. The molecule has 0 aliphatic rings. The highest BCUT2D eigenvalue weighted by Crippen LogP contribution is 2.21. The molecule has 0 unspecified atom stereocenters. The predicted molar refractivity (Wildman–Crippen MR) is 122 cm³/mol. The summed E-state index contributed by atoms with van der Waals surface area (Å²) in [4.78, 5) is 4.22. The fourth-order valence-corrected chi connectivity index (χ4v) is 3.08. The number of hydrogen-bond acceptors (Lipinski definition) is 5. The van der Waals surface area contributed by atoms with E-state index in [4.69, 9.17) is 10.5 Å². The van der Waals surface area contributed by atoms with Crippen molar-refractivity contribution in [3.63, 3.8) is 0 Å². The Morgan fingerprint density at radius 3 is 2.45 bits per heavy atom. The summed E-state index contributed by atoms with van der Waals surface area (Å²) in [7, 11) is 1.73. The van der Waals surface area contributed by atoms with Crippen LogP contribution in [-0.2, 0) is 6.42 Å². The summed E-state index contributed by atoms with van der Waals surface area (Å²) in [6, 6.07) is 21.4. The number of ether oxygens (including phenoxy) is 1. The molecule has 1 aromatic heterocycles. The molecule has 0 spiro atoms. The van der Waals surface area contributed by atoms with Gasteiger partial charge >= 0.3 is 0 Å². The fraction of sp³-hybridized carbons (Fsp3) is 0.261. The van der Waals surface area contributed by atoms with E-state index in [9.17, 15) is 5.26 Å². The smallest absolute Gasteiger partial charge is 0.191 e. The van der Waals surface area contributed by atoms with Crippen molar-refractivity contribution in [3.8, 4) is 17.5 Å². The molecule has 31 heavy (non-hydrogen) atoms. The van der Waals surface area contributed by atoms with Crippen LogP contribution in [0.1, 0.15) is 17.7 Å². The van der Waals surface area contributed by atoms with E-state index in [1.165, 1.54) is 0 Å². The van der Waals surface area contributed by atoms with Crippen molar-refractivity contribution < 1.29 is 4.74 Å². The molecule has 160 valence electrons. The number of para-hydroxylation sites is 2. The highest BCUT2D eigenvalue weighted by atomic mass is 16.5. The Morgan fingerprint density at radius 1 is 1.10 bits per heavy atom. The van der Waals surface area contributed by atoms with E-state index in [1.54, 1.807) is 11.7 Å². The van der Waals surface area contributed by atoms with Crippen LogP contribution in [0.2, 0.25) is 0 Å². The molecule has 0 fully saturated rings. The molecule has 3 rings (SSSR count). The number of nitrogens with one attached hydrogen (secondary N) is 2. The summed E-state index contributed by atoms with van der Waals surface area (Å²) in [6.07, 6.45) is 1.41. The summed E-state index contributed by atoms with van der Waals surface area (Å²) < 4.78 is 7.28. The SMILES string of the molecule is CN=C(NCCCc1nn(-c2ccccc2)c(N)c1C#N)NCCOc1ccccc1. The van der Waals surface area contributed by atoms with E-state index in [0.29, 0.717) is 49.2 Å². The van der Waals surface area contributed by atoms with Gasteiger partial charge in [0, 0.05) is 13.6 Å². The molecule has 8 nitrogen and oxygen atoms in total. The van der Waals surface area contributed by atoms with Gasteiger partial charge in [-0.25, -0.2) is 4.68 Å². The molecular weight excluding hydrogens is 390 g/mol. The highest BCUT2D eigenvalue weighted by molar-refractivity contribution is 5.79. The number of anilines is 1. The quantitative estimate of drug-likeness (QED) is 0.280. The molecule has 2 aromatic carbocycles. The lowest BCUT2D eigenvalue weighted by molar-refractivity contribution is 0.322. The van der Waals surface area contributed by atoms with E-state index in [-0.39, 0.29) is 0 Å². The third-order valence-corrected chi connectivity index (χ3v) is 4.62. The lowest BCUT2D eigenvalue weighted by atomic mass is 10.1. The van der Waals surface area contributed by atoms with Gasteiger partial charge in [0.2, 0.25) is 0 Å². The van der Waals surface area contributed by atoms with Gasteiger partial charge in [0.15, 0.2) is 5.96 Å². The highest BCUT2D eigenvalue weighted by Gasteiger charge is 2.16. The molecule has 0 amide bonds. The maximum atomic E-state index is 9.51. The normalized spacial score (nSPS) is 11.0. The van der Waals surface area contributed by atoms with Gasteiger partial charge in [-0.2, -0.15) is 10.4 Å². The van der Waals surface area contributed by atoms with Gasteiger partial charge in [-0.3, -0.25) is 4.99 Å². The third kappa shape index (κ3) is 6.00. The molecule has 0 aliphatic heterocycles. The van der Waals surface area contributed by atoms with Gasteiger partial charge in [0.1, 0.15) is 29.8 Å². The van der Waals surface area contributed by atoms with Crippen LogP contribution in [0, 0.1) is 11.3 Å². The molecule has 0 saturated carbocycles. The van der Waals surface area contributed by atoms with Crippen LogP contribution in [0.5, 0.6) is 5.75 Å². The lowest BCUT2D eigenvalue weighted by Crippen LogP contribution is -2.39. The zero-order valence-corrected chi connectivity index (χ0v) is 17.6. The summed E-state index contributed by atoms with van der Waals surface area (Å²) in [6.45, 7) is 1.85. The van der Waals surface area contributed by atoms with E-state index < -0.39 is 0 Å². The van der Waals surface area contributed by atoms with E-state index in [0.717, 1.165) is 17.9 Å². The minimum Gasteiger partial charge on any atom is -0.492 e. The number of rotatable bonds is 9. The van der Waals surface area contributed by atoms with E-state index in [1.807, 2.05) is 60.7 Å². The van der Waals surface area contributed by atoms with Crippen molar-refractivity contribution in [3.05, 3.63) is 71.9 Å². The van der Waals surface area contributed by atoms with Gasteiger partial charge < -0.3 is 21.1 Å². The molecule has 0 radical (unpaired) electrons. The molecule has 0 aliphatic carbocycles. The van der Waals surface area contributed by atoms with Crippen LogP contribution in [0.4, 0.5) is 5.82 Å². The minimum absolute atomic E-state index is 0.368. The average Bonchev–Trinajstić information content (AvgIpc) is 3.14. The van der Waals surface area contributed by atoms with Gasteiger partial charge in [-0.05, 0) is 37.1 Å². The van der Waals surface area contributed by atoms with Crippen molar-refractivity contribution in [2.45, 2.75) is 12.8 Å². The van der Waals surface area contributed by atoms with Crippen molar-refractivity contribution in [1.29, 1.82) is 5.26 Å². The summed E-state index contributed by atoms with van der Waals surface area (Å²) in [5, 5.41) is 20.5. The Morgan fingerprint density at radius 2 is 1.77 bits per heavy atom. The van der Waals surface area contributed by atoms with E-state index >= 15 is 0 Å². The zero-order chi connectivity index (χ0) is 21.9. The number of guanidine groups is 1. The van der Waals surface area contributed by atoms with Crippen LogP contribution >= 0.6 is 0 Å². The standard InChI is InChI=1S/C23H27N7O/c1-26-23(28-15-16-31-19-11-6-3-7-12-19)27-14-8-13-21-20(17-24)22(25)30(29-21)18-9-4-2-5-10-18/h2-7,9-12H,8,13-16,25H2,1H3,(H2,26,27,28). The van der Waals surface area contributed by atoms with Gasteiger partial charge in [-0.15, -0.1) is 0 Å². The number of nitriles is 1. The van der Waals surface area contributed by atoms with Gasteiger partial charge in [0.05, 0.1) is 17.9 Å². The topological polar surface area (TPSA) is 113 Å². The zero-order valence-electron chi connectivity index (χ0n) is 17.6. The lowest BCUT2D eigenvalue weighted by Gasteiger charge is -2.12. The number of aromatic nitrogens is 2. The van der Waals surface area contributed by atoms with Crippen LogP contribution in [0.25, 0.3) is 5.69 Å². The molecule has 4 N–H and O–H groups in total. The van der Waals surface area contributed by atoms with Gasteiger partial charge in [0.25, 0.3) is 0 Å². The van der Waals surface area contributed by atoms with E-state index in [2.05, 4.69) is 26.8 Å². The predicted octanol–water partition coefficient (Wildman–Crippen LogP) is 2.50. The van der Waals surface area contributed by atoms with Crippen molar-refractivity contribution in [2.24, 2.45) is 4.99 Å². The Bertz CT molecular complexity index is 1020. The first-order chi connectivity index (χ1) is 15.2. The molecule has 0 atom stereocenters. The largest absolute Gasteiger partial charge is 0.492 e.